The van der Waals surface area contributed by atoms with Crippen molar-refractivity contribution in [1.29, 1.82) is 0 Å². The molecule has 0 aliphatic rings. The van der Waals surface area contributed by atoms with Crippen molar-refractivity contribution in [3.8, 4) is 11.5 Å². The van der Waals surface area contributed by atoms with Crippen LogP contribution in [-0.4, -0.2) is 22.6 Å². The van der Waals surface area contributed by atoms with Crippen molar-refractivity contribution < 1.29 is 17.9 Å². The van der Waals surface area contributed by atoms with E-state index in [1.165, 1.54) is 20.3 Å². The maximum atomic E-state index is 13.1. The smallest absolute Gasteiger partial charge is 0.265 e. The number of hydrogen-bond acceptors (Lipinski definition) is 4. The number of benzene rings is 2. The van der Waals surface area contributed by atoms with Crippen LogP contribution in [0.4, 0.5) is 5.69 Å². The summed E-state index contributed by atoms with van der Waals surface area (Å²) in [5, 5.41) is 0. The Hall–Kier alpha value is -2.21. The summed E-state index contributed by atoms with van der Waals surface area (Å²) in [5.74, 6) is 1.14. The molecule has 0 saturated carbocycles. The van der Waals surface area contributed by atoms with E-state index in [1.54, 1.807) is 12.1 Å². The fourth-order valence-electron chi connectivity index (χ4n) is 2.86. The largest absolute Gasteiger partial charge is 0.497 e. The first-order chi connectivity index (χ1) is 12.2. The van der Waals surface area contributed by atoms with Gasteiger partial charge in [0.1, 0.15) is 16.4 Å². The summed E-state index contributed by atoms with van der Waals surface area (Å²) in [6.07, 6.45) is 0. The highest BCUT2D eigenvalue weighted by molar-refractivity contribution is 7.92. The number of rotatable bonds is 7. The SMILES string of the molecule is COc1ccc(S(=O)(=O)Nc2c(C(C)C)cccc2C(C)C)c(OC)c1. The van der Waals surface area contributed by atoms with Gasteiger partial charge in [-0.3, -0.25) is 4.72 Å². The van der Waals surface area contributed by atoms with E-state index < -0.39 is 10.0 Å². The van der Waals surface area contributed by atoms with Gasteiger partial charge in [0.25, 0.3) is 10.0 Å². The van der Waals surface area contributed by atoms with E-state index in [0.29, 0.717) is 11.4 Å². The van der Waals surface area contributed by atoms with Crippen LogP contribution in [0, 0.1) is 0 Å². The molecular formula is C20H27NO4S. The highest BCUT2D eigenvalue weighted by atomic mass is 32.2. The van der Waals surface area contributed by atoms with Crippen molar-refractivity contribution in [1.82, 2.24) is 0 Å². The molecule has 26 heavy (non-hydrogen) atoms. The summed E-state index contributed by atoms with van der Waals surface area (Å²) in [7, 11) is -0.861. The summed E-state index contributed by atoms with van der Waals surface area (Å²) in [6, 6.07) is 10.5. The van der Waals surface area contributed by atoms with Gasteiger partial charge in [-0.25, -0.2) is 8.42 Å². The van der Waals surface area contributed by atoms with E-state index >= 15 is 0 Å². The van der Waals surface area contributed by atoms with Crippen LogP contribution < -0.4 is 14.2 Å². The lowest BCUT2D eigenvalue weighted by Crippen LogP contribution is -2.17. The molecule has 1 N–H and O–H groups in total. The minimum Gasteiger partial charge on any atom is -0.497 e. The first kappa shape index (κ1) is 20.1. The maximum absolute atomic E-state index is 13.1. The van der Waals surface area contributed by atoms with E-state index in [4.69, 9.17) is 9.47 Å². The quantitative estimate of drug-likeness (QED) is 0.756. The summed E-state index contributed by atoms with van der Waals surface area (Å²) >= 11 is 0. The Morgan fingerprint density at radius 1 is 0.885 bits per heavy atom. The first-order valence-electron chi connectivity index (χ1n) is 8.59. The summed E-state index contributed by atoms with van der Waals surface area (Å²) in [6.45, 7) is 8.19. The number of ether oxygens (including phenoxy) is 2. The van der Waals surface area contributed by atoms with Crippen LogP contribution in [-0.2, 0) is 10.0 Å². The van der Waals surface area contributed by atoms with Gasteiger partial charge in [-0.15, -0.1) is 0 Å². The summed E-state index contributed by atoms with van der Waals surface area (Å²) in [5.41, 5.74) is 2.58. The highest BCUT2D eigenvalue weighted by Gasteiger charge is 2.24. The van der Waals surface area contributed by atoms with Gasteiger partial charge in [0.15, 0.2) is 0 Å². The van der Waals surface area contributed by atoms with E-state index in [1.807, 2.05) is 45.9 Å². The second kappa shape index (κ2) is 7.99. The molecule has 0 bridgehead atoms. The second-order valence-electron chi connectivity index (χ2n) is 6.74. The molecule has 2 aromatic carbocycles. The Kier molecular flexibility index (Phi) is 6.18. The third kappa shape index (κ3) is 4.12. The van der Waals surface area contributed by atoms with Gasteiger partial charge in [0.05, 0.1) is 19.9 Å². The first-order valence-corrected chi connectivity index (χ1v) is 10.1. The molecule has 142 valence electrons. The molecule has 2 aromatic rings. The van der Waals surface area contributed by atoms with Crippen LogP contribution in [0.25, 0.3) is 0 Å². The van der Waals surface area contributed by atoms with Crippen LogP contribution in [0.1, 0.15) is 50.7 Å². The fourth-order valence-corrected chi connectivity index (χ4v) is 4.12. The molecule has 6 heteroatoms. The molecule has 0 aromatic heterocycles. The Balaban J connectivity index is 2.57. The Morgan fingerprint density at radius 3 is 1.92 bits per heavy atom. The van der Waals surface area contributed by atoms with Crippen LogP contribution in [0.5, 0.6) is 11.5 Å². The van der Waals surface area contributed by atoms with Crippen LogP contribution >= 0.6 is 0 Å². The Morgan fingerprint density at radius 2 is 1.46 bits per heavy atom. The fraction of sp³-hybridized carbons (Fsp3) is 0.400. The Bertz CT molecular complexity index is 847. The van der Waals surface area contributed by atoms with Gasteiger partial charge in [-0.05, 0) is 35.1 Å². The molecule has 0 radical (unpaired) electrons. The van der Waals surface area contributed by atoms with Crippen LogP contribution in [0.3, 0.4) is 0 Å². The molecule has 0 atom stereocenters. The van der Waals surface area contributed by atoms with Gasteiger partial charge in [0.2, 0.25) is 0 Å². The number of nitrogens with one attached hydrogen (secondary N) is 1. The third-order valence-electron chi connectivity index (χ3n) is 4.27. The van der Waals surface area contributed by atoms with Crippen molar-refractivity contribution in [3.63, 3.8) is 0 Å². The predicted octanol–water partition coefficient (Wildman–Crippen LogP) is 4.75. The van der Waals surface area contributed by atoms with Crippen molar-refractivity contribution in [2.75, 3.05) is 18.9 Å². The minimum absolute atomic E-state index is 0.0778. The van der Waals surface area contributed by atoms with Crippen molar-refractivity contribution in [3.05, 3.63) is 47.5 Å². The maximum Gasteiger partial charge on any atom is 0.265 e. The zero-order valence-electron chi connectivity index (χ0n) is 16.2. The van der Waals surface area contributed by atoms with Crippen LogP contribution in [0.15, 0.2) is 41.3 Å². The van der Waals surface area contributed by atoms with Gasteiger partial charge < -0.3 is 9.47 Å². The average molecular weight is 378 g/mol. The van der Waals surface area contributed by atoms with Gasteiger partial charge in [-0.2, -0.15) is 0 Å². The number of hydrogen-bond donors (Lipinski definition) is 1. The zero-order valence-corrected chi connectivity index (χ0v) is 17.0. The number of methoxy groups -OCH3 is 2. The molecule has 0 aliphatic heterocycles. The van der Waals surface area contributed by atoms with Crippen molar-refractivity contribution in [2.45, 2.75) is 44.4 Å². The number of anilines is 1. The average Bonchev–Trinajstić information content (AvgIpc) is 2.60. The van der Waals surface area contributed by atoms with E-state index in [9.17, 15) is 8.42 Å². The summed E-state index contributed by atoms with van der Waals surface area (Å²) in [4.78, 5) is 0.0778. The molecule has 0 heterocycles. The van der Waals surface area contributed by atoms with Gasteiger partial charge in [0, 0.05) is 6.07 Å². The monoisotopic (exact) mass is 377 g/mol. The normalized spacial score (nSPS) is 11.7. The number of para-hydroxylation sites is 1. The Labute approximate surface area is 156 Å². The summed E-state index contributed by atoms with van der Waals surface area (Å²) < 4.78 is 39.4. The molecule has 0 saturated heterocycles. The van der Waals surface area contributed by atoms with E-state index in [2.05, 4.69) is 4.72 Å². The molecule has 2 rings (SSSR count). The number of sulfonamides is 1. The van der Waals surface area contributed by atoms with E-state index in [0.717, 1.165) is 11.1 Å². The lowest BCUT2D eigenvalue weighted by molar-refractivity contribution is 0.386. The zero-order chi connectivity index (χ0) is 19.5. The lowest BCUT2D eigenvalue weighted by atomic mass is 9.93. The minimum atomic E-state index is -3.82. The van der Waals surface area contributed by atoms with Crippen molar-refractivity contribution >= 4 is 15.7 Å². The van der Waals surface area contributed by atoms with Gasteiger partial charge in [-0.1, -0.05) is 45.9 Å². The molecule has 0 unspecified atom stereocenters. The molecule has 0 fully saturated rings. The molecular weight excluding hydrogens is 350 g/mol. The predicted molar refractivity (Wildman–Crippen MR) is 105 cm³/mol. The molecule has 0 aliphatic carbocycles. The topological polar surface area (TPSA) is 64.6 Å². The molecule has 0 spiro atoms. The van der Waals surface area contributed by atoms with Gasteiger partial charge >= 0.3 is 0 Å². The molecule has 5 nitrogen and oxygen atoms in total. The standard InChI is InChI=1S/C20H27NO4S/c1-13(2)16-8-7-9-17(14(3)4)20(16)21-26(22,23)19-11-10-15(24-5)12-18(19)25-6/h7-14,21H,1-6H3. The second-order valence-corrected chi connectivity index (χ2v) is 8.39. The lowest BCUT2D eigenvalue weighted by Gasteiger charge is -2.21. The molecule has 0 amide bonds. The van der Waals surface area contributed by atoms with E-state index in [-0.39, 0.29) is 22.5 Å². The van der Waals surface area contributed by atoms with Crippen LogP contribution in [0.2, 0.25) is 0 Å². The third-order valence-corrected chi connectivity index (χ3v) is 5.66. The van der Waals surface area contributed by atoms with Crippen molar-refractivity contribution in [2.24, 2.45) is 0 Å². The highest BCUT2D eigenvalue weighted by Crippen LogP contribution is 2.36.